The number of hydrogen-bond acceptors (Lipinski definition) is 3. The lowest BCUT2D eigenvalue weighted by Gasteiger charge is -2.31. The minimum absolute atomic E-state index is 0.00882. The second-order valence-corrected chi connectivity index (χ2v) is 6.05. The van der Waals surface area contributed by atoms with Gasteiger partial charge in [0.1, 0.15) is 0 Å². The van der Waals surface area contributed by atoms with E-state index in [0.717, 1.165) is 25.2 Å². The van der Waals surface area contributed by atoms with Gasteiger partial charge in [-0.05, 0) is 44.6 Å². The molecule has 1 amide bonds. The van der Waals surface area contributed by atoms with Crippen LogP contribution < -0.4 is 5.32 Å². The van der Waals surface area contributed by atoms with Crippen molar-refractivity contribution in [3.63, 3.8) is 0 Å². The van der Waals surface area contributed by atoms with Crippen LogP contribution in [0.15, 0.2) is 18.2 Å². The minimum Gasteiger partial charge on any atom is -0.380 e. The Morgan fingerprint density at radius 2 is 2.20 bits per heavy atom. The predicted octanol–water partition coefficient (Wildman–Crippen LogP) is 2.55. The van der Waals surface area contributed by atoms with Crippen molar-refractivity contribution in [1.82, 2.24) is 9.80 Å². The van der Waals surface area contributed by atoms with Crippen LogP contribution >= 0.6 is 11.6 Å². The molecule has 0 aromatic heterocycles. The van der Waals surface area contributed by atoms with Gasteiger partial charge in [-0.2, -0.15) is 0 Å². The Morgan fingerprint density at radius 1 is 1.45 bits per heavy atom. The first-order chi connectivity index (χ1) is 9.47. The van der Waals surface area contributed by atoms with Gasteiger partial charge >= 0.3 is 0 Å². The van der Waals surface area contributed by atoms with Crippen LogP contribution in [0.2, 0.25) is 5.02 Å². The van der Waals surface area contributed by atoms with Crippen LogP contribution in [0.4, 0.5) is 5.69 Å². The van der Waals surface area contributed by atoms with Gasteiger partial charge in [-0.25, -0.2) is 0 Å². The molecule has 1 aromatic carbocycles. The van der Waals surface area contributed by atoms with Crippen molar-refractivity contribution >= 4 is 23.2 Å². The van der Waals surface area contributed by atoms with E-state index in [0.29, 0.717) is 16.6 Å². The number of benzene rings is 1. The molecule has 1 fully saturated rings. The number of amides is 1. The monoisotopic (exact) mass is 295 g/mol. The highest BCUT2D eigenvalue weighted by molar-refractivity contribution is 6.33. The molecule has 1 aliphatic rings. The SMILES string of the molecule is CN1CCCC(Nc2cc(C(=O)N(C)C)ccc2Cl)C1. The lowest BCUT2D eigenvalue weighted by molar-refractivity contribution is 0.0827. The van der Waals surface area contributed by atoms with Gasteiger partial charge in [0.25, 0.3) is 5.91 Å². The largest absolute Gasteiger partial charge is 0.380 e. The summed E-state index contributed by atoms with van der Waals surface area (Å²) in [5.74, 6) is -0.00882. The molecular weight excluding hydrogens is 274 g/mol. The first-order valence-electron chi connectivity index (χ1n) is 6.93. The lowest BCUT2D eigenvalue weighted by atomic mass is 10.1. The molecule has 0 radical (unpaired) electrons. The van der Waals surface area contributed by atoms with Gasteiger partial charge in [-0.15, -0.1) is 0 Å². The molecule has 2 rings (SSSR count). The van der Waals surface area contributed by atoms with Crippen molar-refractivity contribution in [2.45, 2.75) is 18.9 Å². The highest BCUT2D eigenvalue weighted by Crippen LogP contribution is 2.25. The zero-order chi connectivity index (χ0) is 14.7. The van der Waals surface area contributed by atoms with E-state index in [-0.39, 0.29) is 5.91 Å². The average Bonchev–Trinajstić information content (AvgIpc) is 2.40. The van der Waals surface area contributed by atoms with Crippen LogP contribution in [0.3, 0.4) is 0 Å². The number of likely N-dealkylation sites (tertiary alicyclic amines) is 1. The molecule has 1 atom stereocenters. The van der Waals surface area contributed by atoms with Gasteiger partial charge in [0, 0.05) is 32.2 Å². The molecule has 1 unspecified atom stereocenters. The van der Waals surface area contributed by atoms with E-state index >= 15 is 0 Å². The van der Waals surface area contributed by atoms with E-state index in [2.05, 4.69) is 17.3 Å². The van der Waals surface area contributed by atoms with Gasteiger partial charge in [-0.3, -0.25) is 4.79 Å². The number of rotatable bonds is 3. The number of nitrogens with one attached hydrogen (secondary N) is 1. The number of halogens is 1. The Balaban J connectivity index is 2.14. The standard InChI is InChI=1S/C15H22ClN3O/c1-18(2)15(20)11-6-7-13(16)14(9-11)17-12-5-4-8-19(3)10-12/h6-7,9,12,17H,4-5,8,10H2,1-3H3. The normalized spacial score (nSPS) is 19.7. The molecule has 0 spiro atoms. The lowest BCUT2D eigenvalue weighted by Crippen LogP contribution is -2.39. The number of hydrogen-bond donors (Lipinski definition) is 1. The third-order valence-corrected chi connectivity index (χ3v) is 3.93. The van der Waals surface area contributed by atoms with Crippen molar-refractivity contribution in [2.24, 2.45) is 0 Å². The Morgan fingerprint density at radius 3 is 2.85 bits per heavy atom. The van der Waals surface area contributed by atoms with Crippen LogP contribution in [-0.2, 0) is 0 Å². The maximum atomic E-state index is 12.0. The fourth-order valence-corrected chi connectivity index (χ4v) is 2.70. The zero-order valence-electron chi connectivity index (χ0n) is 12.3. The summed E-state index contributed by atoms with van der Waals surface area (Å²) in [6.07, 6.45) is 2.31. The molecule has 1 aromatic rings. The molecule has 20 heavy (non-hydrogen) atoms. The van der Waals surface area contributed by atoms with Gasteiger partial charge in [-0.1, -0.05) is 11.6 Å². The minimum atomic E-state index is -0.00882. The maximum Gasteiger partial charge on any atom is 0.253 e. The first-order valence-corrected chi connectivity index (χ1v) is 7.31. The summed E-state index contributed by atoms with van der Waals surface area (Å²) >= 11 is 6.24. The van der Waals surface area contributed by atoms with Crippen LogP contribution in [0.1, 0.15) is 23.2 Å². The third-order valence-electron chi connectivity index (χ3n) is 3.60. The number of likely N-dealkylation sites (N-methyl/N-ethyl adjacent to an activating group) is 1. The van der Waals surface area contributed by atoms with Crippen molar-refractivity contribution in [3.05, 3.63) is 28.8 Å². The highest BCUT2D eigenvalue weighted by atomic mass is 35.5. The summed E-state index contributed by atoms with van der Waals surface area (Å²) in [4.78, 5) is 15.9. The highest BCUT2D eigenvalue weighted by Gasteiger charge is 2.18. The van der Waals surface area contributed by atoms with Gasteiger partial charge in [0.15, 0.2) is 0 Å². The Hall–Kier alpha value is -1.26. The average molecular weight is 296 g/mol. The topological polar surface area (TPSA) is 35.6 Å². The molecule has 0 bridgehead atoms. The van der Waals surface area contributed by atoms with E-state index in [1.807, 2.05) is 6.07 Å². The molecule has 1 N–H and O–H groups in total. The number of carbonyl (C=O) groups is 1. The van der Waals surface area contributed by atoms with Crippen LogP contribution in [0.5, 0.6) is 0 Å². The van der Waals surface area contributed by atoms with E-state index in [4.69, 9.17) is 11.6 Å². The smallest absolute Gasteiger partial charge is 0.253 e. The fraction of sp³-hybridized carbons (Fsp3) is 0.533. The number of carbonyl (C=O) groups excluding carboxylic acids is 1. The third kappa shape index (κ3) is 3.64. The molecule has 110 valence electrons. The molecule has 1 aliphatic heterocycles. The van der Waals surface area contributed by atoms with E-state index in [9.17, 15) is 4.79 Å². The summed E-state index contributed by atoms with van der Waals surface area (Å²) in [6, 6.07) is 5.78. The molecule has 1 heterocycles. The Kier molecular flexibility index (Phi) is 4.89. The quantitative estimate of drug-likeness (QED) is 0.931. The van der Waals surface area contributed by atoms with E-state index < -0.39 is 0 Å². The van der Waals surface area contributed by atoms with Crippen LogP contribution in [-0.4, -0.2) is 56.0 Å². The van der Waals surface area contributed by atoms with E-state index in [1.54, 1.807) is 31.1 Å². The second-order valence-electron chi connectivity index (χ2n) is 5.64. The summed E-state index contributed by atoms with van der Waals surface area (Å²) in [7, 11) is 5.63. The zero-order valence-corrected chi connectivity index (χ0v) is 13.1. The predicted molar refractivity (Wildman–Crippen MR) is 83.6 cm³/mol. The van der Waals surface area contributed by atoms with Gasteiger partial charge in [0.2, 0.25) is 0 Å². The molecular formula is C15H22ClN3O. The van der Waals surface area contributed by atoms with Crippen LogP contribution in [0, 0.1) is 0 Å². The molecule has 4 nitrogen and oxygen atoms in total. The van der Waals surface area contributed by atoms with Crippen molar-refractivity contribution in [1.29, 1.82) is 0 Å². The Bertz CT molecular complexity index is 490. The Labute approximate surface area is 125 Å². The van der Waals surface area contributed by atoms with Gasteiger partial charge < -0.3 is 15.1 Å². The summed E-state index contributed by atoms with van der Waals surface area (Å²) in [5, 5.41) is 4.13. The van der Waals surface area contributed by atoms with Crippen molar-refractivity contribution in [3.8, 4) is 0 Å². The molecule has 1 saturated heterocycles. The summed E-state index contributed by atoms with van der Waals surface area (Å²) in [5.41, 5.74) is 1.51. The fourth-order valence-electron chi connectivity index (χ4n) is 2.53. The number of nitrogens with zero attached hydrogens (tertiary/aromatic N) is 2. The number of anilines is 1. The molecule has 5 heteroatoms. The maximum absolute atomic E-state index is 12.0. The molecule has 0 aliphatic carbocycles. The molecule has 0 saturated carbocycles. The van der Waals surface area contributed by atoms with Crippen molar-refractivity contribution < 1.29 is 4.79 Å². The van der Waals surface area contributed by atoms with E-state index in [1.165, 1.54) is 6.42 Å². The summed E-state index contributed by atoms with van der Waals surface area (Å²) < 4.78 is 0. The first kappa shape index (κ1) is 15.1. The van der Waals surface area contributed by atoms with Crippen molar-refractivity contribution in [2.75, 3.05) is 39.5 Å². The number of piperidine rings is 1. The van der Waals surface area contributed by atoms with Gasteiger partial charge in [0.05, 0.1) is 10.7 Å². The van der Waals surface area contributed by atoms with Crippen LogP contribution in [0.25, 0.3) is 0 Å². The second kappa shape index (κ2) is 6.46. The summed E-state index contributed by atoms with van der Waals surface area (Å²) in [6.45, 7) is 2.15.